The van der Waals surface area contributed by atoms with Crippen LogP contribution in [-0.4, -0.2) is 36.1 Å². The predicted molar refractivity (Wildman–Crippen MR) is 186 cm³/mol. The normalized spacial score (nSPS) is 12.0. The summed E-state index contributed by atoms with van der Waals surface area (Å²) in [5.41, 5.74) is 9.64. The maximum atomic E-state index is 6.33. The molecule has 8 heteroatoms. The number of nitrogens with two attached hydrogens (primary N) is 1. The number of ether oxygens (including phenoxy) is 2. The number of halogens is 1. The Morgan fingerprint density at radius 2 is 1.51 bits per heavy atom. The minimum absolute atomic E-state index is 0.410. The highest BCUT2D eigenvalue weighted by molar-refractivity contribution is 6.31. The van der Waals surface area contributed by atoms with E-state index in [1.807, 2.05) is 116 Å². The molecule has 5 aromatic rings. The third kappa shape index (κ3) is 9.53. The first kappa shape index (κ1) is 32.0. The zero-order valence-electron chi connectivity index (χ0n) is 25.6. The zero-order valence-corrected chi connectivity index (χ0v) is 26.3. The van der Waals surface area contributed by atoms with Gasteiger partial charge in [0.05, 0.1) is 5.52 Å². The molecular formula is C37H40ClN5O2. The molecule has 4 N–H and O–H groups in total. The second-order valence-electron chi connectivity index (χ2n) is 10.8. The van der Waals surface area contributed by atoms with Crippen LogP contribution < -0.4 is 25.8 Å². The van der Waals surface area contributed by atoms with E-state index in [0.29, 0.717) is 48.1 Å². The lowest BCUT2D eigenvalue weighted by molar-refractivity contribution is 0.256. The molecule has 4 aromatic carbocycles. The summed E-state index contributed by atoms with van der Waals surface area (Å²) in [5.74, 6) is 2.72. The van der Waals surface area contributed by atoms with Gasteiger partial charge in [-0.2, -0.15) is 0 Å². The van der Waals surface area contributed by atoms with E-state index in [0.717, 1.165) is 59.2 Å². The van der Waals surface area contributed by atoms with Gasteiger partial charge < -0.3 is 25.8 Å². The molecule has 1 unspecified atom stereocenters. The lowest BCUT2D eigenvalue weighted by atomic mass is 10.1. The average Bonchev–Trinajstić information content (AvgIpc) is 3.07. The molecule has 0 aliphatic rings. The molecule has 5 rings (SSSR count). The van der Waals surface area contributed by atoms with Gasteiger partial charge in [-0.15, -0.1) is 0 Å². The molecule has 0 fully saturated rings. The van der Waals surface area contributed by atoms with Gasteiger partial charge in [0.2, 0.25) is 0 Å². The first-order chi connectivity index (χ1) is 22.1. The molecule has 0 aliphatic heterocycles. The predicted octanol–water partition coefficient (Wildman–Crippen LogP) is 7.74. The van der Waals surface area contributed by atoms with Crippen LogP contribution in [0, 0.1) is 0 Å². The molecule has 7 nitrogen and oxygen atoms in total. The minimum atomic E-state index is 0.410. The van der Waals surface area contributed by atoms with Gasteiger partial charge in [0.25, 0.3) is 0 Å². The van der Waals surface area contributed by atoms with Gasteiger partial charge in [-0.25, -0.2) is 9.97 Å². The standard InChI is InChI=1S/C37H40ClN5O2/c1-40-31(20-21-39)13-8-22-41-37-32-17-16-30(38)24-33(32)42-36(43-37)19-15-27-14-18-34(44-25-28-9-4-2-5-10-28)35(23-27)45-26-29-11-6-3-7-12-29/h2-7,9-12,14-19,23-24,31,40H,8,13,20-22,25-26,39H2,1H3,(H,41,42,43)/b19-15+. The Morgan fingerprint density at radius 3 is 2.20 bits per heavy atom. The third-order valence-electron chi connectivity index (χ3n) is 7.49. The quantitative estimate of drug-likeness (QED) is 0.0970. The maximum Gasteiger partial charge on any atom is 0.162 e. The Bertz CT molecular complexity index is 1680. The second kappa shape index (κ2) is 16.6. The monoisotopic (exact) mass is 621 g/mol. The van der Waals surface area contributed by atoms with Crippen LogP contribution in [0.1, 0.15) is 41.8 Å². The number of fused-ring (bicyclic) bond motifs is 1. The number of nitrogens with one attached hydrogen (secondary N) is 2. The summed E-state index contributed by atoms with van der Waals surface area (Å²) in [6.45, 7) is 2.34. The van der Waals surface area contributed by atoms with Crippen molar-refractivity contribution in [1.82, 2.24) is 15.3 Å². The highest BCUT2D eigenvalue weighted by Crippen LogP contribution is 2.31. The number of nitrogens with zero attached hydrogens (tertiary/aromatic N) is 2. The molecule has 1 atom stereocenters. The molecule has 0 saturated heterocycles. The van der Waals surface area contributed by atoms with Crippen molar-refractivity contribution in [3.8, 4) is 11.5 Å². The minimum Gasteiger partial charge on any atom is -0.485 e. The van der Waals surface area contributed by atoms with E-state index in [1.165, 1.54) is 0 Å². The van der Waals surface area contributed by atoms with Gasteiger partial charge in [-0.3, -0.25) is 0 Å². The van der Waals surface area contributed by atoms with Crippen molar-refractivity contribution in [2.24, 2.45) is 5.73 Å². The summed E-state index contributed by atoms with van der Waals surface area (Å²) in [7, 11) is 1.98. The second-order valence-corrected chi connectivity index (χ2v) is 11.2. The molecular weight excluding hydrogens is 582 g/mol. The number of benzene rings is 4. The van der Waals surface area contributed by atoms with Crippen LogP contribution in [0.2, 0.25) is 5.02 Å². The Kier molecular flexibility index (Phi) is 11.8. The highest BCUT2D eigenvalue weighted by Gasteiger charge is 2.10. The molecule has 0 saturated carbocycles. The van der Waals surface area contributed by atoms with Crippen molar-refractivity contribution in [2.45, 2.75) is 38.5 Å². The molecule has 45 heavy (non-hydrogen) atoms. The van der Waals surface area contributed by atoms with Crippen LogP contribution >= 0.6 is 11.6 Å². The highest BCUT2D eigenvalue weighted by atomic mass is 35.5. The molecule has 232 valence electrons. The topological polar surface area (TPSA) is 94.3 Å². The lowest BCUT2D eigenvalue weighted by Crippen LogP contribution is -2.28. The summed E-state index contributed by atoms with van der Waals surface area (Å²) in [6.07, 6.45) is 6.86. The van der Waals surface area contributed by atoms with Crippen molar-refractivity contribution in [3.05, 3.63) is 125 Å². The summed E-state index contributed by atoms with van der Waals surface area (Å²) < 4.78 is 12.4. The van der Waals surface area contributed by atoms with Crippen LogP contribution in [0.5, 0.6) is 11.5 Å². The van der Waals surface area contributed by atoms with Crippen LogP contribution in [0.3, 0.4) is 0 Å². The zero-order chi connectivity index (χ0) is 31.3. The SMILES string of the molecule is CNC(CCN)CCCNc1nc(/C=C/c2ccc(OCc3ccccc3)c(OCc3ccccc3)c2)nc2cc(Cl)ccc12. The van der Waals surface area contributed by atoms with Crippen molar-refractivity contribution in [3.63, 3.8) is 0 Å². The summed E-state index contributed by atoms with van der Waals surface area (Å²) in [5, 5.41) is 8.43. The largest absolute Gasteiger partial charge is 0.485 e. The van der Waals surface area contributed by atoms with Crippen LogP contribution in [0.4, 0.5) is 5.82 Å². The number of hydrogen-bond acceptors (Lipinski definition) is 7. The van der Waals surface area contributed by atoms with Gasteiger partial charge in [0.1, 0.15) is 19.0 Å². The Balaban J connectivity index is 1.35. The molecule has 0 bridgehead atoms. The van der Waals surface area contributed by atoms with Crippen LogP contribution in [-0.2, 0) is 13.2 Å². The van der Waals surface area contributed by atoms with Crippen molar-refractivity contribution >= 4 is 40.5 Å². The fraction of sp³-hybridized carbons (Fsp3) is 0.243. The maximum absolute atomic E-state index is 6.33. The first-order valence-electron chi connectivity index (χ1n) is 15.4. The van der Waals surface area contributed by atoms with Crippen LogP contribution in [0.15, 0.2) is 97.1 Å². The van der Waals surface area contributed by atoms with Gasteiger partial charge >= 0.3 is 0 Å². The summed E-state index contributed by atoms with van der Waals surface area (Å²) in [4.78, 5) is 9.64. The fourth-order valence-electron chi connectivity index (χ4n) is 5.02. The average molecular weight is 622 g/mol. The number of anilines is 1. The first-order valence-corrected chi connectivity index (χ1v) is 15.7. The van der Waals surface area contributed by atoms with Crippen molar-refractivity contribution < 1.29 is 9.47 Å². The van der Waals surface area contributed by atoms with E-state index < -0.39 is 0 Å². The molecule has 0 aliphatic carbocycles. The van der Waals surface area contributed by atoms with Crippen molar-refractivity contribution in [2.75, 3.05) is 25.5 Å². The lowest BCUT2D eigenvalue weighted by Gasteiger charge is -2.15. The van der Waals surface area contributed by atoms with E-state index in [1.54, 1.807) is 0 Å². The summed E-state index contributed by atoms with van der Waals surface area (Å²) in [6, 6.07) is 32.2. The number of rotatable bonds is 16. The Labute approximate surface area is 270 Å². The number of hydrogen-bond donors (Lipinski definition) is 3. The van der Waals surface area contributed by atoms with E-state index in [2.05, 4.69) is 10.6 Å². The summed E-state index contributed by atoms with van der Waals surface area (Å²) >= 11 is 6.33. The van der Waals surface area contributed by atoms with Gasteiger partial charge in [0, 0.05) is 23.0 Å². The Morgan fingerprint density at radius 1 is 0.800 bits per heavy atom. The van der Waals surface area contributed by atoms with Gasteiger partial charge in [-0.1, -0.05) is 84.4 Å². The molecule has 0 amide bonds. The Hall–Kier alpha value is -4.43. The van der Waals surface area contributed by atoms with E-state index in [9.17, 15) is 0 Å². The van der Waals surface area contributed by atoms with Gasteiger partial charge in [0.15, 0.2) is 17.3 Å². The van der Waals surface area contributed by atoms with E-state index in [-0.39, 0.29) is 0 Å². The number of aromatic nitrogens is 2. The molecule has 0 radical (unpaired) electrons. The third-order valence-corrected chi connectivity index (χ3v) is 7.72. The van der Waals surface area contributed by atoms with E-state index in [4.69, 9.17) is 36.8 Å². The molecule has 0 spiro atoms. The fourth-order valence-corrected chi connectivity index (χ4v) is 5.19. The van der Waals surface area contributed by atoms with Gasteiger partial charge in [-0.05, 0) is 86.0 Å². The smallest absolute Gasteiger partial charge is 0.162 e. The molecule has 1 aromatic heterocycles. The van der Waals surface area contributed by atoms with Crippen LogP contribution in [0.25, 0.3) is 23.1 Å². The van der Waals surface area contributed by atoms with E-state index >= 15 is 0 Å². The van der Waals surface area contributed by atoms with Crippen molar-refractivity contribution in [1.29, 1.82) is 0 Å². The molecule has 1 heterocycles.